The van der Waals surface area contributed by atoms with E-state index < -0.39 is 18.7 Å². The Kier molecular flexibility index (Phi) is 2.71. The highest BCUT2D eigenvalue weighted by atomic mass is 19.4. The molecule has 0 bridgehead atoms. The van der Waals surface area contributed by atoms with Gasteiger partial charge in [0.1, 0.15) is 12.1 Å². The summed E-state index contributed by atoms with van der Waals surface area (Å²) in [7, 11) is 0. The van der Waals surface area contributed by atoms with Crippen LogP contribution in [0.25, 0.3) is 0 Å². The average Bonchev–Trinajstić information content (AvgIpc) is 2.10. The van der Waals surface area contributed by atoms with Crippen molar-refractivity contribution in [3.63, 3.8) is 0 Å². The second kappa shape index (κ2) is 3.89. The third-order valence-corrected chi connectivity index (χ3v) is 2.28. The lowest BCUT2D eigenvalue weighted by atomic mass is 10.1. The summed E-state index contributed by atoms with van der Waals surface area (Å²) in [5.74, 6) is 0.430. The third-order valence-electron chi connectivity index (χ3n) is 2.28. The van der Waals surface area contributed by atoms with Crippen molar-refractivity contribution < 1.29 is 18.3 Å². The molecule has 1 aliphatic heterocycles. The normalized spacial score (nSPS) is 17.4. The summed E-state index contributed by atoms with van der Waals surface area (Å²) in [5.41, 5.74) is -0.0566. The predicted molar refractivity (Wildman–Crippen MR) is 50.0 cm³/mol. The first kappa shape index (κ1) is 11.1. The maximum Gasteiger partial charge on any atom is 0.394 e. The van der Waals surface area contributed by atoms with Crippen molar-refractivity contribution in [1.82, 2.24) is 9.97 Å². The van der Waals surface area contributed by atoms with Gasteiger partial charge < -0.3 is 10.0 Å². The van der Waals surface area contributed by atoms with Gasteiger partial charge in [0.15, 0.2) is 0 Å². The number of halogens is 3. The van der Waals surface area contributed by atoms with Crippen molar-refractivity contribution in [2.45, 2.75) is 18.7 Å². The smallest absolute Gasteiger partial charge is 0.389 e. The van der Waals surface area contributed by atoms with E-state index in [0.29, 0.717) is 18.9 Å². The highest BCUT2D eigenvalue weighted by molar-refractivity contribution is 5.42. The van der Waals surface area contributed by atoms with Gasteiger partial charge in [0.25, 0.3) is 0 Å². The van der Waals surface area contributed by atoms with E-state index in [9.17, 15) is 13.2 Å². The van der Waals surface area contributed by atoms with Crippen LogP contribution in [0.2, 0.25) is 0 Å². The zero-order valence-electron chi connectivity index (χ0n) is 8.28. The Balaban J connectivity index is 2.08. The molecule has 16 heavy (non-hydrogen) atoms. The zero-order valence-corrected chi connectivity index (χ0v) is 8.28. The highest BCUT2D eigenvalue weighted by Gasteiger charge is 2.30. The van der Waals surface area contributed by atoms with Gasteiger partial charge in [0, 0.05) is 19.2 Å². The van der Waals surface area contributed by atoms with Gasteiger partial charge in [0.2, 0.25) is 0 Å². The maximum atomic E-state index is 12.1. The van der Waals surface area contributed by atoms with Gasteiger partial charge in [-0.15, -0.1) is 0 Å². The highest BCUT2D eigenvalue weighted by Crippen LogP contribution is 2.23. The number of nitrogens with zero attached hydrogens (tertiary/aromatic N) is 3. The minimum absolute atomic E-state index is 0.0566. The second-order valence-electron chi connectivity index (χ2n) is 3.72. The Morgan fingerprint density at radius 1 is 1.38 bits per heavy atom. The largest absolute Gasteiger partial charge is 0.394 e. The molecule has 0 atom stereocenters. The van der Waals surface area contributed by atoms with E-state index in [-0.39, 0.29) is 5.69 Å². The molecule has 0 saturated carbocycles. The van der Waals surface area contributed by atoms with Crippen LogP contribution in [0, 0.1) is 0 Å². The Morgan fingerprint density at radius 3 is 2.62 bits per heavy atom. The fraction of sp³-hybridized carbons (Fsp3) is 0.556. The monoisotopic (exact) mass is 233 g/mol. The number of rotatable bonds is 2. The Bertz CT molecular complexity index is 377. The number of hydrogen-bond donors (Lipinski definition) is 1. The van der Waals surface area contributed by atoms with E-state index in [2.05, 4.69) is 9.97 Å². The summed E-state index contributed by atoms with van der Waals surface area (Å²) in [6.07, 6.45) is -4.62. The standard InChI is InChI=1S/C9H10F3N3O/c10-9(11,12)2-6-1-8(14-5-13-6)15-3-7(16)4-15/h1,5,7,16H,2-4H2. The van der Waals surface area contributed by atoms with Gasteiger partial charge in [-0.25, -0.2) is 9.97 Å². The van der Waals surface area contributed by atoms with Crippen molar-refractivity contribution >= 4 is 5.82 Å². The van der Waals surface area contributed by atoms with Crippen LogP contribution in [0.3, 0.4) is 0 Å². The molecule has 0 aromatic carbocycles. The lowest BCUT2D eigenvalue weighted by Gasteiger charge is -2.36. The van der Waals surface area contributed by atoms with Crippen LogP contribution in [0.4, 0.5) is 19.0 Å². The molecule has 1 aromatic heterocycles. The van der Waals surface area contributed by atoms with E-state index in [1.54, 1.807) is 4.90 Å². The Labute approximate surface area is 89.7 Å². The molecule has 1 aliphatic rings. The first-order valence-corrected chi connectivity index (χ1v) is 4.75. The number of alkyl halides is 3. The Morgan fingerprint density at radius 2 is 2.06 bits per heavy atom. The summed E-state index contributed by atoms with van der Waals surface area (Å²) in [6, 6.07) is 1.30. The molecule has 1 aromatic rings. The average molecular weight is 233 g/mol. The number of β-amino-alcohol motifs (C(OH)–C–C–N with tert-alkyl or cyclic N) is 1. The fourth-order valence-electron chi connectivity index (χ4n) is 1.50. The van der Waals surface area contributed by atoms with Crippen LogP contribution >= 0.6 is 0 Å². The number of aromatic nitrogens is 2. The molecule has 7 heteroatoms. The summed E-state index contributed by atoms with van der Waals surface area (Å²) in [6.45, 7) is 0.810. The van der Waals surface area contributed by atoms with Crippen molar-refractivity contribution in [2.24, 2.45) is 0 Å². The number of aliphatic hydroxyl groups excluding tert-OH is 1. The molecule has 1 N–H and O–H groups in total. The van der Waals surface area contributed by atoms with E-state index in [0.717, 1.165) is 6.33 Å². The molecule has 88 valence electrons. The SMILES string of the molecule is OC1CN(c2cc(CC(F)(F)F)ncn2)C1. The molecule has 0 radical (unpaired) electrons. The maximum absolute atomic E-state index is 12.1. The molecule has 0 aliphatic carbocycles. The molecule has 0 unspecified atom stereocenters. The van der Waals surface area contributed by atoms with Crippen molar-refractivity contribution in [3.8, 4) is 0 Å². The fourth-order valence-corrected chi connectivity index (χ4v) is 1.50. The van der Waals surface area contributed by atoms with Crippen molar-refractivity contribution in [1.29, 1.82) is 0 Å². The van der Waals surface area contributed by atoms with E-state index in [1.165, 1.54) is 6.07 Å². The summed E-state index contributed by atoms with van der Waals surface area (Å²) < 4.78 is 36.4. The molecular formula is C9H10F3N3O. The minimum Gasteiger partial charge on any atom is -0.389 e. The van der Waals surface area contributed by atoms with Crippen LogP contribution < -0.4 is 4.90 Å². The number of aliphatic hydroxyl groups is 1. The molecule has 1 saturated heterocycles. The molecular weight excluding hydrogens is 223 g/mol. The van der Waals surface area contributed by atoms with Crippen molar-refractivity contribution in [2.75, 3.05) is 18.0 Å². The third kappa shape index (κ3) is 2.60. The van der Waals surface area contributed by atoms with E-state index in [1.807, 2.05) is 0 Å². The minimum atomic E-state index is -4.26. The van der Waals surface area contributed by atoms with Gasteiger partial charge >= 0.3 is 6.18 Å². The van der Waals surface area contributed by atoms with Crippen LogP contribution in [-0.2, 0) is 6.42 Å². The first-order chi connectivity index (χ1) is 7.44. The van der Waals surface area contributed by atoms with Gasteiger partial charge in [-0.3, -0.25) is 0 Å². The lowest BCUT2D eigenvalue weighted by Crippen LogP contribution is -2.51. The second-order valence-corrected chi connectivity index (χ2v) is 3.72. The summed E-state index contributed by atoms with van der Waals surface area (Å²) >= 11 is 0. The molecule has 0 amide bonds. The Hall–Kier alpha value is -1.37. The molecule has 2 heterocycles. The lowest BCUT2D eigenvalue weighted by molar-refractivity contribution is -0.127. The van der Waals surface area contributed by atoms with E-state index in [4.69, 9.17) is 5.11 Å². The van der Waals surface area contributed by atoms with Crippen LogP contribution in [-0.4, -0.2) is 40.4 Å². The van der Waals surface area contributed by atoms with Crippen LogP contribution in [0.1, 0.15) is 5.69 Å². The van der Waals surface area contributed by atoms with Gasteiger partial charge in [-0.2, -0.15) is 13.2 Å². The molecule has 4 nitrogen and oxygen atoms in total. The van der Waals surface area contributed by atoms with E-state index >= 15 is 0 Å². The molecule has 2 rings (SSSR count). The van der Waals surface area contributed by atoms with Crippen molar-refractivity contribution in [3.05, 3.63) is 18.1 Å². The molecule has 0 spiro atoms. The number of anilines is 1. The summed E-state index contributed by atoms with van der Waals surface area (Å²) in [4.78, 5) is 9.13. The molecule has 1 fully saturated rings. The van der Waals surface area contributed by atoms with Crippen LogP contribution in [0.15, 0.2) is 12.4 Å². The zero-order chi connectivity index (χ0) is 11.8. The van der Waals surface area contributed by atoms with Gasteiger partial charge in [-0.1, -0.05) is 0 Å². The van der Waals surface area contributed by atoms with Gasteiger partial charge in [-0.05, 0) is 0 Å². The number of hydrogen-bond acceptors (Lipinski definition) is 4. The summed E-state index contributed by atoms with van der Waals surface area (Å²) in [5, 5.41) is 9.07. The van der Waals surface area contributed by atoms with Crippen LogP contribution in [0.5, 0.6) is 0 Å². The quantitative estimate of drug-likeness (QED) is 0.819. The topological polar surface area (TPSA) is 49.2 Å². The van der Waals surface area contributed by atoms with Gasteiger partial charge in [0.05, 0.1) is 18.2 Å². The predicted octanol–water partition coefficient (Wildman–Crippen LogP) is 0.762. The first-order valence-electron chi connectivity index (χ1n) is 4.75.